The fourth-order valence-electron chi connectivity index (χ4n) is 4.44. The second-order valence-corrected chi connectivity index (χ2v) is 7.71. The maximum absolute atomic E-state index is 9.45. The summed E-state index contributed by atoms with van der Waals surface area (Å²) < 4.78 is 0. The summed E-state index contributed by atoms with van der Waals surface area (Å²) in [7, 11) is 0. The molecule has 0 aromatic rings. The first kappa shape index (κ1) is 18.2. The van der Waals surface area contributed by atoms with E-state index in [1.165, 1.54) is 0 Å². The van der Waals surface area contributed by atoms with E-state index in [0.29, 0.717) is 36.9 Å². The molecule has 3 aliphatic rings. The van der Waals surface area contributed by atoms with Gasteiger partial charge in [-0.15, -0.1) is 0 Å². The van der Waals surface area contributed by atoms with Crippen LogP contribution in [0.4, 0.5) is 0 Å². The van der Waals surface area contributed by atoms with Gasteiger partial charge in [0, 0.05) is 13.2 Å². The van der Waals surface area contributed by atoms with Crippen molar-refractivity contribution in [3.8, 4) is 0 Å². The minimum Gasteiger partial charge on any atom is -0.396 e. The van der Waals surface area contributed by atoms with Gasteiger partial charge in [-0.25, -0.2) is 0 Å². The Morgan fingerprint density at radius 3 is 1.23 bits per heavy atom. The summed E-state index contributed by atoms with van der Waals surface area (Å²) in [4.78, 5) is 0. The predicted molar refractivity (Wildman–Crippen MR) is 86.3 cm³/mol. The molecule has 0 aromatic carbocycles. The number of rotatable bonds is 2. The molecule has 130 valence electrons. The third kappa shape index (κ3) is 5.48. The Morgan fingerprint density at radius 1 is 0.545 bits per heavy atom. The topological polar surface area (TPSA) is 80.9 Å². The molecule has 3 fully saturated rings. The minimum absolute atomic E-state index is 0.0542. The van der Waals surface area contributed by atoms with Crippen molar-refractivity contribution in [3.05, 3.63) is 0 Å². The van der Waals surface area contributed by atoms with Gasteiger partial charge in [-0.1, -0.05) is 0 Å². The third-order valence-electron chi connectivity index (χ3n) is 6.04. The van der Waals surface area contributed by atoms with Crippen molar-refractivity contribution in [1.82, 2.24) is 0 Å². The van der Waals surface area contributed by atoms with E-state index >= 15 is 0 Å². The molecule has 0 radical (unpaired) electrons. The summed E-state index contributed by atoms with van der Waals surface area (Å²) in [6, 6.07) is 0. The Labute approximate surface area is 134 Å². The monoisotopic (exact) mass is 314 g/mol. The predicted octanol–water partition coefficient (Wildman–Crippen LogP) is 2.09. The zero-order valence-electron chi connectivity index (χ0n) is 13.7. The van der Waals surface area contributed by atoms with Crippen molar-refractivity contribution in [2.45, 2.75) is 76.4 Å². The highest BCUT2D eigenvalue weighted by molar-refractivity contribution is 4.85. The lowest BCUT2D eigenvalue weighted by molar-refractivity contribution is 0.00480. The van der Waals surface area contributed by atoms with E-state index in [-0.39, 0.29) is 12.2 Å². The van der Waals surface area contributed by atoms with Gasteiger partial charge in [0.1, 0.15) is 0 Å². The third-order valence-corrected chi connectivity index (χ3v) is 6.04. The first-order valence-corrected chi connectivity index (χ1v) is 9.20. The summed E-state index contributed by atoms with van der Waals surface area (Å²) in [6.07, 6.45) is 10.4. The molecule has 0 bridgehead atoms. The van der Waals surface area contributed by atoms with Gasteiger partial charge in [0.05, 0.1) is 12.2 Å². The molecule has 0 heterocycles. The van der Waals surface area contributed by atoms with Crippen LogP contribution in [0.25, 0.3) is 0 Å². The summed E-state index contributed by atoms with van der Waals surface area (Å²) in [5, 5.41) is 36.5. The zero-order valence-corrected chi connectivity index (χ0v) is 13.7. The molecule has 0 spiro atoms. The molecular formula is C18H34O4. The lowest BCUT2D eigenvalue weighted by Crippen LogP contribution is -2.34. The number of aliphatic hydroxyl groups is 4. The van der Waals surface area contributed by atoms with E-state index < -0.39 is 0 Å². The molecule has 0 aliphatic heterocycles. The Morgan fingerprint density at radius 2 is 0.909 bits per heavy atom. The van der Waals surface area contributed by atoms with Crippen LogP contribution in [0, 0.1) is 23.7 Å². The summed E-state index contributed by atoms with van der Waals surface area (Å²) >= 11 is 0. The fourth-order valence-corrected chi connectivity index (χ4v) is 4.44. The Hall–Kier alpha value is -0.160. The van der Waals surface area contributed by atoms with Gasteiger partial charge >= 0.3 is 0 Å². The van der Waals surface area contributed by atoms with Crippen molar-refractivity contribution in [1.29, 1.82) is 0 Å². The van der Waals surface area contributed by atoms with E-state index in [1.807, 2.05) is 0 Å². The SMILES string of the molecule is OC1CCC2CC(O)CCC2C1.OCC1CCC(CO)CC1. The molecule has 22 heavy (non-hydrogen) atoms. The highest BCUT2D eigenvalue weighted by Crippen LogP contribution is 2.40. The smallest absolute Gasteiger partial charge is 0.0543 e. The van der Waals surface area contributed by atoms with Crippen molar-refractivity contribution < 1.29 is 20.4 Å². The zero-order chi connectivity index (χ0) is 15.9. The highest BCUT2D eigenvalue weighted by Gasteiger charge is 2.34. The van der Waals surface area contributed by atoms with Gasteiger partial charge in [0.2, 0.25) is 0 Å². The van der Waals surface area contributed by atoms with Crippen molar-refractivity contribution >= 4 is 0 Å². The number of aliphatic hydroxyl groups excluding tert-OH is 4. The molecule has 4 atom stereocenters. The molecule has 4 heteroatoms. The van der Waals surface area contributed by atoms with E-state index in [2.05, 4.69) is 0 Å². The van der Waals surface area contributed by atoms with E-state index in [1.54, 1.807) is 0 Å². The van der Waals surface area contributed by atoms with Crippen LogP contribution in [0.3, 0.4) is 0 Å². The van der Waals surface area contributed by atoms with Crippen LogP contribution in [-0.2, 0) is 0 Å². The number of hydrogen-bond acceptors (Lipinski definition) is 4. The summed E-state index contributed by atoms with van der Waals surface area (Å²) in [5.41, 5.74) is 0. The maximum Gasteiger partial charge on any atom is 0.0543 e. The van der Waals surface area contributed by atoms with Crippen molar-refractivity contribution in [2.75, 3.05) is 13.2 Å². The molecule has 0 amide bonds. The Bertz CT molecular complexity index is 271. The fraction of sp³-hybridized carbons (Fsp3) is 1.00. The first-order chi connectivity index (χ1) is 10.6. The van der Waals surface area contributed by atoms with Crippen LogP contribution in [-0.4, -0.2) is 45.8 Å². The van der Waals surface area contributed by atoms with Crippen LogP contribution in [0.5, 0.6) is 0 Å². The molecule has 3 aliphatic carbocycles. The van der Waals surface area contributed by atoms with Crippen LogP contribution in [0.2, 0.25) is 0 Å². The highest BCUT2D eigenvalue weighted by atomic mass is 16.3. The van der Waals surface area contributed by atoms with Gasteiger partial charge in [-0.05, 0) is 87.9 Å². The lowest BCUT2D eigenvalue weighted by atomic mass is 9.69. The number of fused-ring (bicyclic) bond motifs is 1. The molecule has 3 rings (SSSR count). The molecular weight excluding hydrogens is 280 g/mol. The molecule has 4 nitrogen and oxygen atoms in total. The number of hydrogen-bond donors (Lipinski definition) is 4. The van der Waals surface area contributed by atoms with Gasteiger partial charge in [0.15, 0.2) is 0 Å². The average molecular weight is 314 g/mol. The van der Waals surface area contributed by atoms with Gasteiger partial charge in [0.25, 0.3) is 0 Å². The largest absolute Gasteiger partial charge is 0.396 e. The van der Waals surface area contributed by atoms with Gasteiger partial charge in [-0.3, -0.25) is 0 Å². The van der Waals surface area contributed by atoms with Crippen molar-refractivity contribution in [2.24, 2.45) is 23.7 Å². The van der Waals surface area contributed by atoms with Crippen LogP contribution >= 0.6 is 0 Å². The second kappa shape index (κ2) is 9.21. The maximum atomic E-state index is 9.45. The quantitative estimate of drug-likeness (QED) is 0.629. The molecule has 4 unspecified atom stereocenters. The molecule has 0 aromatic heterocycles. The normalized spacial score (nSPS) is 42.0. The van der Waals surface area contributed by atoms with Gasteiger partial charge < -0.3 is 20.4 Å². The summed E-state index contributed by atoms with van der Waals surface area (Å²) in [6.45, 7) is 0.663. The average Bonchev–Trinajstić information content (AvgIpc) is 2.56. The van der Waals surface area contributed by atoms with Crippen LogP contribution in [0.15, 0.2) is 0 Å². The summed E-state index contributed by atoms with van der Waals surface area (Å²) in [5.74, 6) is 2.44. The minimum atomic E-state index is -0.0542. The van der Waals surface area contributed by atoms with E-state index in [9.17, 15) is 10.2 Å². The lowest BCUT2D eigenvalue weighted by Gasteiger charge is -2.39. The van der Waals surface area contributed by atoms with Gasteiger partial charge in [-0.2, -0.15) is 0 Å². The molecule has 4 N–H and O–H groups in total. The standard InChI is InChI=1S/C10H18O2.C8H16O2/c11-9-3-1-7-5-10(12)4-2-8(7)6-9;9-5-7-1-2-8(6-10)4-3-7/h7-12H,1-6H2;7-10H,1-6H2. The van der Waals surface area contributed by atoms with Crippen molar-refractivity contribution in [3.63, 3.8) is 0 Å². The first-order valence-electron chi connectivity index (χ1n) is 9.20. The van der Waals surface area contributed by atoms with E-state index in [4.69, 9.17) is 10.2 Å². The molecule has 3 saturated carbocycles. The second-order valence-electron chi connectivity index (χ2n) is 7.71. The molecule has 0 saturated heterocycles. The van der Waals surface area contributed by atoms with E-state index in [0.717, 1.165) is 64.2 Å². The Kier molecular flexibility index (Phi) is 7.61. The van der Waals surface area contributed by atoms with Crippen LogP contribution < -0.4 is 0 Å². The Balaban J connectivity index is 0.000000164. The van der Waals surface area contributed by atoms with Crippen LogP contribution in [0.1, 0.15) is 64.2 Å².